The Labute approximate surface area is 198 Å². The average Bonchev–Trinajstić information content (AvgIpc) is 3.47. The van der Waals surface area contributed by atoms with Crippen molar-refractivity contribution in [3.05, 3.63) is 47.0 Å². The quantitative estimate of drug-likeness (QED) is 0.463. The van der Waals surface area contributed by atoms with Gasteiger partial charge in [0.25, 0.3) is 0 Å². The van der Waals surface area contributed by atoms with Gasteiger partial charge in [0, 0.05) is 55.3 Å². The molecular formula is C26H30N6O2. The summed E-state index contributed by atoms with van der Waals surface area (Å²) in [6, 6.07) is 10.4. The third-order valence-electron chi connectivity index (χ3n) is 7.50. The summed E-state index contributed by atoms with van der Waals surface area (Å²) >= 11 is 0. The van der Waals surface area contributed by atoms with Crippen molar-refractivity contribution in [2.24, 2.45) is 12.5 Å². The Balaban J connectivity index is 1.52. The van der Waals surface area contributed by atoms with Crippen LogP contribution in [0.4, 0.5) is 5.82 Å². The van der Waals surface area contributed by atoms with Crippen molar-refractivity contribution in [3.63, 3.8) is 0 Å². The molecule has 1 aromatic carbocycles. The predicted octanol–water partition coefficient (Wildman–Crippen LogP) is 3.93. The molecular weight excluding hydrogens is 428 g/mol. The van der Waals surface area contributed by atoms with Gasteiger partial charge in [-0.2, -0.15) is 0 Å². The molecule has 0 N–H and O–H groups in total. The van der Waals surface area contributed by atoms with Crippen LogP contribution in [0.2, 0.25) is 0 Å². The molecule has 6 rings (SSSR count). The highest BCUT2D eigenvalue weighted by Crippen LogP contribution is 2.39. The number of aryl methyl sites for hydroxylation is 1. The van der Waals surface area contributed by atoms with E-state index in [2.05, 4.69) is 53.2 Å². The first-order valence-corrected chi connectivity index (χ1v) is 12.1. The maximum absolute atomic E-state index is 13.4. The van der Waals surface area contributed by atoms with Crippen molar-refractivity contribution < 1.29 is 4.74 Å². The van der Waals surface area contributed by atoms with E-state index in [-0.39, 0.29) is 17.1 Å². The van der Waals surface area contributed by atoms with Crippen molar-refractivity contribution in [1.29, 1.82) is 0 Å². The van der Waals surface area contributed by atoms with E-state index in [0.29, 0.717) is 18.9 Å². The highest BCUT2D eigenvalue weighted by molar-refractivity contribution is 6.02. The fourth-order valence-corrected chi connectivity index (χ4v) is 5.55. The van der Waals surface area contributed by atoms with Gasteiger partial charge >= 0.3 is 5.69 Å². The Kier molecular flexibility index (Phi) is 4.95. The molecule has 0 radical (unpaired) electrons. The molecule has 0 saturated carbocycles. The van der Waals surface area contributed by atoms with Gasteiger partial charge in [0.05, 0.1) is 12.1 Å². The van der Waals surface area contributed by atoms with Crippen molar-refractivity contribution >= 4 is 27.9 Å². The van der Waals surface area contributed by atoms with Crippen LogP contribution in [0.3, 0.4) is 0 Å². The molecule has 8 heteroatoms. The number of rotatable bonds is 3. The summed E-state index contributed by atoms with van der Waals surface area (Å²) in [4.78, 5) is 20.5. The lowest BCUT2D eigenvalue weighted by atomic mass is 9.81. The van der Waals surface area contributed by atoms with Gasteiger partial charge in [-0.1, -0.05) is 19.9 Å². The van der Waals surface area contributed by atoms with Gasteiger partial charge in [-0.05, 0) is 49.1 Å². The van der Waals surface area contributed by atoms with Crippen LogP contribution in [0, 0.1) is 5.41 Å². The lowest BCUT2D eigenvalue weighted by Gasteiger charge is -2.38. The van der Waals surface area contributed by atoms with Crippen LogP contribution >= 0.6 is 0 Å². The summed E-state index contributed by atoms with van der Waals surface area (Å²) in [5.41, 5.74) is 4.11. The predicted molar refractivity (Wildman–Crippen MR) is 133 cm³/mol. The van der Waals surface area contributed by atoms with E-state index < -0.39 is 0 Å². The van der Waals surface area contributed by atoms with Gasteiger partial charge in [-0.25, -0.2) is 9.78 Å². The Hall–Kier alpha value is -3.26. The summed E-state index contributed by atoms with van der Waals surface area (Å²) in [7, 11) is 1.78. The number of nitrogens with zero attached hydrogens (tertiary/aromatic N) is 6. The summed E-state index contributed by atoms with van der Waals surface area (Å²) in [5, 5.41) is 9.81. The van der Waals surface area contributed by atoms with E-state index in [9.17, 15) is 4.79 Å². The highest BCUT2D eigenvalue weighted by atomic mass is 16.5. The molecule has 0 unspecified atom stereocenters. The van der Waals surface area contributed by atoms with Crippen molar-refractivity contribution in [1.82, 2.24) is 24.3 Å². The number of ether oxygens (including phenoxy) is 1. The number of aromatic nitrogens is 5. The van der Waals surface area contributed by atoms with Gasteiger partial charge in [-0.15, -0.1) is 10.2 Å². The first-order valence-electron chi connectivity index (χ1n) is 12.1. The van der Waals surface area contributed by atoms with Gasteiger partial charge < -0.3 is 9.64 Å². The summed E-state index contributed by atoms with van der Waals surface area (Å²) in [5.74, 6) is 1.04. The van der Waals surface area contributed by atoms with Crippen molar-refractivity contribution in [2.45, 2.75) is 39.2 Å². The normalized spacial score (nSPS) is 20.4. The number of pyridine rings is 1. The topological polar surface area (TPSA) is 78.1 Å². The lowest BCUT2D eigenvalue weighted by Crippen LogP contribution is -2.41. The Morgan fingerprint density at radius 1 is 1.06 bits per heavy atom. The van der Waals surface area contributed by atoms with E-state index >= 15 is 0 Å². The third-order valence-corrected chi connectivity index (χ3v) is 7.50. The zero-order valence-electron chi connectivity index (χ0n) is 20.0. The number of imidazole rings is 1. The standard InChI is InChI=1S/C26H30N6O2/c1-26(2)16-34-13-10-21(26)32-23-19-14-17(6-8-20(19)28-29-24(23)30(3)25(32)33)18-7-9-22(27-15-18)31-11-4-5-12-31/h6-9,14-15,21H,4-5,10-13,16H2,1-3H3/t21-/m0/s1. The van der Waals surface area contributed by atoms with Crippen LogP contribution in [-0.2, 0) is 11.8 Å². The first-order chi connectivity index (χ1) is 16.4. The first kappa shape index (κ1) is 21.3. The lowest BCUT2D eigenvalue weighted by molar-refractivity contribution is -0.0253. The van der Waals surface area contributed by atoms with Crippen LogP contribution in [-0.4, -0.2) is 50.6 Å². The second-order valence-corrected chi connectivity index (χ2v) is 10.3. The minimum absolute atomic E-state index is 0.0231. The molecule has 4 aromatic rings. The SMILES string of the molecule is Cn1c(=O)n([C@H]2CCOCC2(C)C)c2c3cc(-c4ccc(N5CCCC5)nc4)ccc3nnc21. The molecule has 2 aliphatic rings. The number of hydrogen-bond donors (Lipinski definition) is 0. The zero-order chi connectivity index (χ0) is 23.4. The third kappa shape index (κ3) is 3.31. The Morgan fingerprint density at radius 3 is 2.59 bits per heavy atom. The zero-order valence-corrected chi connectivity index (χ0v) is 20.0. The molecule has 176 valence electrons. The molecule has 0 spiro atoms. The fourth-order valence-electron chi connectivity index (χ4n) is 5.55. The van der Waals surface area contributed by atoms with Gasteiger partial charge in [0.1, 0.15) is 11.3 Å². The molecule has 5 heterocycles. The summed E-state index contributed by atoms with van der Waals surface area (Å²) in [6.07, 6.45) is 5.19. The van der Waals surface area contributed by atoms with E-state index in [0.717, 1.165) is 52.9 Å². The van der Waals surface area contributed by atoms with Gasteiger partial charge in [0.15, 0.2) is 5.65 Å². The van der Waals surface area contributed by atoms with Gasteiger partial charge in [-0.3, -0.25) is 9.13 Å². The number of anilines is 1. The molecule has 1 atom stereocenters. The minimum Gasteiger partial charge on any atom is -0.381 e. The molecule has 0 amide bonds. The van der Waals surface area contributed by atoms with E-state index in [1.165, 1.54) is 12.8 Å². The molecule has 34 heavy (non-hydrogen) atoms. The van der Waals surface area contributed by atoms with E-state index in [4.69, 9.17) is 9.72 Å². The molecule has 0 bridgehead atoms. The average molecular weight is 459 g/mol. The van der Waals surface area contributed by atoms with Crippen LogP contribution < -0.4 is 10.6 Å². The largest absolute Gasteiger partial charge is 0.381 e. The van der Waals surface area contributed by atoms with Crippen molar-refractivity contribution in [3.8, 4) is 11.1 Å². The Bertz CT molecular complexity index is 1430. The maximum Gasteiger partial charge on any atom is 0.330 e. The number of fused-ring (bicyclic) bond motifs is 3. The molecule has 2 aliphatic heterocycles. The minimum atomic E-state index is -0.168. The highest BCUT2D eigenvalue weighted by Gasteiger charge is 2.37. The van der Waals surface area contributed by atoms with Crippen LogP contribution in [0.1, 0.15) is 39.2 Å². The second-order valence-electron chi connectivity index (χ2n) is 10.3. The molecule has 2 saturated heterocycles. The second kappa shape index (κ2) is 7.91. The monoisotopic (exact) mass is 458 g/mol. The van der Waals surface area contributed by atoms with Crippen molar-refractivity contribution in [2.75, 3.05) is 31.2 Å². The maximum atomic E-state index is 13.4. The molecule has 0 aliphatic carbocycles. The van der Waals surface area contributed by atoms with E-state index in [1.807, 2.05) is 16.8 Å². The molecule has 3 aromatic heterocycles. The molecule has 8 nitrogen and oxygen atoms in total. The fraction of sp³-hybridized carbons (Fsp3) is 0.462. The smallest absolute Gasteiger partial charge is 0.330 e. The van der Waals surface area contributed by atoms with Crippen LogP contribution in [0.5, 0.6) is 0 Å². The number of benzene rings is 1. The summed E-state index contributed by atoms with van der Waals surface area (Å²) in [6.45, 7) is 7.75. The summed E-state index contributed by atoms with van der Waals surface area (Å²) < 4.78 is 9.30. The Morgan fingerprint density at radius 2 is 1.85 bits per heavy atom. The van der Waals surface area contributed by atoms with E-state index in [1.54, 1.807) is 11.6 Å². The van der Waals surface area contributed by atoms with Gasteiger partial charge in [0.2, 0.25) is 0 Å². The van der Waals surface area contributed by atoms with Crippen LogP contribution in [0.15, 0.2) is 41.3 Å². The number of hydrogen-bond acceptors (Lipinski definition) is 6. The van der Waals surface area contributed by atoms with Crippen LogP contribution in [0.25, 0.3) is 33.2 Å². The molecule has 2 fully saturated rings.